The second kappa shape index (κ2) is 2.51. The monoisotopic (exact) mass is 178 g/mol. The molecule has 0 aromatic rings. The van der Waals surface area contributed by atoms with Gasteiger partial charge in [-0.25, -0.2) is 0 Å². The highest BCUT2D eigenvalue weighted by Gasteiger charge is 2.59. The van der Waals surface area contributed by atoms with E-state index in [1.807, 2.05) is 0 Å². The van der Waals surface area contributed by atoms with Crippen molar-refractivity contribution in [1.82, 2.24) is 0 Å². The van der Waals surface area contributed by atoms with Gasteiger partial charge < -0.3 is 4.74 Å². The minimum absolute atomic E-state index is 0.137. The van der Waals surface area contributed by atoms with Gasteiger partial charge in [0, 0.05) is 0 Å². The Kier molecular flexibility index (Phi) is 1.76. The zero-order chi connectivity index (χ0) is 9.69. The van der Waals surface area contributed by atoms with Crippen LogP contribution >= 0.6 is 0 Å². The van der Waals surface area contributed by atoms with Gasteiger partial charge in [0.1, 0.15) is 6.10 Å². The molecule has 2 aliphatic rings. The number of hydrogen-bond acceptors (Lipinski definition) is 1. The van der Waals surface area contributed by atoms with E-state index in [-0.39, 0.29) is 5.60 Å². The largest absolute Gasteiger partial charge is 0.352 e. The molecule has 0 N–H and O–H groups in total. The van der Waals surface area contributed by atoms with Crippen molar-refractivity contribution in [1.29, 1.82) is 0 Å². The van der Waals surface area contributed by atoms with E-state index in [4.69, 9.17) is 11.2 Å². The predicted octanol–water partition coefficient (Wildman–Crippen LogP) is 2.60. The summed E-state index contributed by atoms with van der Waals surface area (Å²) in [6, 6.07) is 0. The SMILES string of the molecule is C#CC12CCC(C(C)(C)C)CC1O2. The molecule has 0 aromatic heterocycles. The summed E-state index contributed by atoms with van der Waals surface area (Å²) in [5.74, 6) is 3.58. The normalized spacial score (nSPS) is 43.5. The first-order chi connectivity index (χ1) is 5.98. The van der Waals surface area contributed by atoms with Gasteiger partial charge in [-0.1, -0.05) is 26.7 Å². The quantitative estimate of drug-likeness (QED) is 0.410. The van der Waals surface area contributed by atoms with Crippen LogP contribution in [-0.4, -0.2) is 11.7 Å². The fraction of sp³-hybridized carbons (Fsp3) is 0.833. The summed E-state index contributed by atoms with van der Waals surface area (Å²) in [6.07, 6.45) is 9.28. The molecule has 72 valence electrons. The van der Waals surface area contributed by atoms with E-state index in [0.29, 0.717) is 11.5 Å². The third kappa shape index (κ3) is 1.38. The molecule has 1 heteroatoms. The maximum atomic E-state index is 5.60. The highest BCUT2D eigenvalue weighted by molar-refractivity contribution is 5.24. The second-order valence-corrected chi connectivity index (χ2v) is 5.48. The number of hydrogen-bond donors (Lipinski definition) is 0. The summed E-state index contributed by atoms with van der Waals surface area (Å²) in [5, 5.41) is 0. The summed E-state index contributed by atoms with van der Waals surface area (Å²) < 4.78 is 5.60. The first-order valence-electron chi connectivity index (χ1n) is 5.13. The average molecular weight is 178 g/mol. The van der Waals surface area contributed by atoms with Gasteiger partial charge in [0.05, 0.1) is 0 Å². The Bertz CT molecular complexity index is 255. The Morgan fingerprint density at radius 1 is 1.46 bits per heavy atom. The summed E-state index contributed by atoms with van der Waals surface area (Å²) >= 11 is 0. The second-order valence-electron chi connectivity index (χ2n) is 5.48. The molecular formula is C12H18O. The van der Waals surface area contributed by atoms with Crippen LogP contribution in [0.3, 0.4) is 0 Å². The van der Waals surface area contributed by atoms with Crippen LogP contribution in [0.25, 0.3) is 0 Å². The van der Waals surface area contributed by atoms with E-state index in [1.54, 1.807) is 0 Å². The van der Waals surface area contributed by atoms with Crippen molar-refractivity contribution < 1.29 is 4.74 Å². The molecule has 3 atom stereocenters. The van der Waals surface area contributed by atoms with Crippen LogP contribution in [0.2, 0.25) is 0 Å². The van der Waals surface area contributed by atoms with Crippen LogP contribution in [-0.2, 0) is 4.74 Å². The van der Waals surface area contributed by atoms with Gasteiger partial charge in [-0.05, 0) is 30.6 Å². The van der Waals surface area contributed by atoms with Crippen LogP contribution in [0.5, 0.6) is 0 Å². The van der Waals surface area contributed by atoms with Gasteiger partial charge >= 0.3 is 0 Å². The molecule has 0 spiro atoms. The molecule has 1 aliphatic carbocycles. The summed E-state index contributed by atoms with van der Waals surface area (Å²) in [5.41, 5.74) is 0.272. The van der Waals surface area contributed by atoms with E-state index in [2.05, 4.69) is 26.7 Å². The minimum Gasteiger partial charge on any atom is -0.352 e. The number of epoxide rings is 1. The van der Waals surface area contributed by atoms with E-state index in [1.165, 1.54) is 6.42 Å². The van der Waals surface area contributed by atoms with Gasteiger partial charge in [-0.15, -0.1) is 6.42 Å². The number of rotatable bonds is 0. The predicted molar refractivity (Wildman–Crippen MR) is 53.2 cm³/mol. The lowest BCUT2D eigenvalue weighted by Crippen LogP contribution is -2.30. The van der Waals surface area contributed by atoms with Crippen molar-refractivity contribution >= 4 is 0 Å². The highest BCUT2D eigenvalue weighted by atomic mass is 16.6. The molecule has 1 aliphatic heterocycles. The van der Waals surface area contributed by atoms with Gasteiger partial charge in [0.15, 0.2) is 5.60 Å². The molecule has 0 aromatic carbocycles. The van der Waals surface area contributed by atoms with Crippen LogP contribution in [0.1, 0.15) is 40.0 Å². The Morgan fingerprint density at radius 3 is 2.62 bits per heavy atom. The van der Waals surface area contributed by atoms with Crippen molar-refractivity contribution in [2.45, 2.75) is 51.7 Å². The zero-order valence-corrected chi connectivity index (χ0v) is 8.76. The molecule has 0 amide bonds. The van der Waals surface area contributed by atoms with Crippen molar-refractivity contribution in [3.05, 3.63) is 0 Å². The van der Waals surface area contributed by atoms with Crippen molar-refractivity contribution in [2.75, 3.05) is 0 Å². The van der Waals surface area contributed by atoms with Crippen molar-refractivity contribution in [3.8, 4) is 12.3 Å². The fourth-order valence-electron chi connectivity index (χ4n) is 2.43. The number of ether oxygens (including phenoxy) is 1. The van der Waals surface area contributed by atoms with Gasteiger partial charge in [0.25, 0.3) is 0 Å². The lowest BCUT2D eigenvalue weighted by Gasteiger charge is -2.33. The molecular weight excluding hydrogens is 160 g/mol. The van der Waals surface area contributed by atoms with Crippen LogP contribution < -0.4 is 0 Å². The van der Waals surface area contributed by atoms with Crippen LogP contribution in [0.4, 0.5) is 0 Å². The smallest absolute Gasteiger partial charge is 0.154 e. The van der Waals surface area contributed by atoms with E-state index < -0.39 is 0 Å². The van der Waals surface area contributed by atoms with E-state index in [9.17, 15) is 0 Å². The molecule has 13 heavy (non-hydrogen) atoms. The van der Waals surface area contributed by atoms with E-state index >= 15 is 0 Å². The van der Waals surface area contributed by atoms with Crippen LogP contribution in [0, 0.1) is 23.7 Å². The molecule has 2 rings (SSSR count). The summed E-state index contributed by atoms with van der Waals surface area (Å²) in [7, 11) is 0. The molecule has 0 bridgehead atoms. The lowest BCUT2D eigenvalue weighted by molar-refractivity contribution is 0.186. The minimum atomic E-state index is -0.137. The molecule has 3 unspecified atom stereocenters. The number of fused-ring (bicyclic) bond motifs is 1. The Balaban J connectivity index is 2.01. The lowest BCUT2D eigenvalue weighted by atomic mass is 9.70. The maximum Gasteiger partial charge on any atom is 0.154 e. The van der Waals surface area contributed by atoms with Gasteiger partial charge in [-0.3, -0.25) is 0 Å². The zero-order valence-electron chi connectivity index (χ0n) is 8.76. The van der Waals surface area contributed by atoms with Gasteiger partial charge in [-0.2, -0.15) is 0 Å². The highest BCUT2D eigenvalue weighted by Crippen LogP contribution is 2.52. The molecule has 1 saturated carbocycles. The Hall–Kier alpha value is -0.480. The topological polar surface area (TPSA) is 12.5 Å². The summed E-state index contributed by atoms with van der Waals surface area (Å²) in [4.78, 5) is 0. The molecule has 1 nitrogen and oxygen atoms in total. The molecule has 2 fully saturated rings. The van der Waals surface area contributed by atoms with Crippen molar-refractivity contribution in [3.63, 3.8) is 0 Å². The van der Waals surface area contributed by atoms with Crippen molar-refractivity contribution in [2.24, 2.45) is 11.3 Å². The number of terminal acetylenes is 1. The van der Waals surface area contributed by atoms with Gasteiger partial charge in [0.2, 0.25) is 0 Å². The first-order valence-corrected chi connectivity index (χ1v) is 5.13. The molecule has 1 saturated heterocycles. The Morgan fingerprint density at radius 2 is 2.15 bits per heavy atom. The Labute approximate surface area is 80.9 Å². The summed E-state index contributed by atoms with van der Waals surface area (Å²) in [6.45, 7) is 6.93. The standard InChI is InChI=1S/C12H18O/c1-5-12-7-6-9(11(2,3)4)8-10(12)13-12/h1,9-10H,6-8H2,2-4H3. The first kappa shape index (κ1) is 9.09. The molecule has 1 heterocycles. The third-order valence-electron chi connectivity index (χ3n) is 3.65. The average Bonchev–Trinajstić information content (AvgIpc) is 2.75. The third-order valence-corrected chi connectivity index (χ3v) is 3.65. The fourth-order valence-corrected chi connectivity index (χ4v) is 2.43. The van der Waals surface area contributed by atoms with Crippen LogP contribution in [0.15, 0.2) is 0 Å². The van der Waals surface area contributed by atoms with E-state index in [0.717, 1.165) is 18.8 Å². The molecule has 0 radical (unpaired) electrons. The maximum absolute atomic E-state index is 5.60.